The zero-order valence-corrected chi connectivity index (χ0v) is 8.14. The van der Waals surface area contributed by atoms with Crippen LogP contribution in [-0.2, 0) is 4.74 Å². The second kappa shape index (κ2) is 4.28. The van der Waals surface area contributed by atoms with Crippen LogP contribution >= 0.6 is 11.6 Å². The number of hydrogen-bond acceptors (Lipinski definition) is 3. The van der Waals surface area contributed by atoms with Gasteiger partial charge in [0.25, 0.3) is 0 Å². The molecule has 0 unspecified atom stereocenters. The van der Waals surface area contributed by atoms with E-state index in [4.69, 9.17) is 16.7 Å². The van der Waals surface area contributed by atoms with Gasteiger partial charge in [0.2, 0.25) is 0 Å². The van der Waals surface area contributed by atoms with E-state index in [1.54, 1.807) is 6.92 Å². The Balaban J connectivity index is 3.13. The van der Waals surface area contributed by atoms with Gasteiger partial charge in [-0.2, -0.15) is 0 Å². The highest BCUT2D eigenvalue weighted by atomic mass is 35.5. The summed E-state index contributed by atoms with van der Waals surface area (Å²) in [4.78, 5) is 11.2. The number of carbonyl (C=O) groups is 1. The normalized spacial score (nSPS) is 9.93. The van der Waals surface area contributed by atoms with Gasteiger partial charge in [-0.1, -0.05) is 11.6 Å². The molecule has 0 heterocycles. The van der Waals surface area contributed by atoms with Gasteiger partial charge in [0, 0.05) is 6.07 Å². The van der Waals surface area contributed by atoms with Gasteiger partial charge in [-0.3, -0.25) is 0 Å². The van der Waals surface area contributed by atoms with Crippen molar-refractivity contribution < 1.29 is 19.0 Å². The van der Waals surface area contributed by atoms with Gasteiger partial charge in [-0.25, -0.2) is 9.18 Å². The van der Waals surface area contributed by atoms with Gasteiger partial charge >= 0.3 is 5.97 Å². The number of halogens is 2. The van der Waals surface area contributed by atoms with Crippen LogP contribution in [-0.4, -0.2) is 17.7 Å². The van der Waals surface area contributed by atoms with Crippen molar-refractivity contribution in [3.63, 3.8) is 0 Å². The van der Waals surface area contributed by atoms with E-state index >= 15 is 0 Å². The molecule has 0 saturated carbocycles. The lowest BCUT2D eigenvalue weighted by Crippen LogP contribution is -2.05. The van der Waals surface area contributed by atoms with Crippen molar-refractivity contribution in [2.24, 2.45) is 0 Å². The van der Waals surface area contributed by atoms with E-state index in [0.717, 1.165) is 12.1 Å². The number of phenols is 1. The van der Waals surface area contributed by atoms with Crippen molar-refractivity contribution >= 4 is 17.6 Å². The van der Waals surface area contributed by atoms with E-state index < -0.39 is 17.5 Å². The number of aromatic hydroxyl groups is 1. The first-order valence-electron chi connectivity index (χ1n) is 3.91. The minimum Gasteiger partial charge on any atom is -0.506 e. The molecule has 0 aliphatic heterocycles. The molecule has 0 bridgehead atoms. The number of esters is 1. The summed E-state index contributed by atoms with van der Waals surface area (Å²) in [5.41, 5.74) is -0.175. The van der Waals surface area contributed by atoms with Crippen LogP contribution in [0.2, 0.25) is 5.02 Å². The molecule has 3 nitrogen and oxygen atoms in total. The minimum atomic E-state index is -0.757. The van der Waals surface area contributed by atoms with Crippen LogP contribution < -0.4 is 0 Å². The van der Waals surface area contributed by atoms with E-state index in [-0.39, 0.29) is 17.2 Å². The molecular weight excluding hydrogens is 211 g/mol. The van der Waals surface area contributed by atoms with Crippen LogP contribution in [0.1, 0.15) is 17.3 Å². The maximum Gasteiger partial charge on any atom is 0.339 e. The summed E-state index contributed by atoms with van der Waals surface area (Å²) >= 11 is 5.58. The first kappa shape index (κ1) is 10.8. The Morgan fingerprint density at radius 1 is 1.64 bits per heavy atom. The largest absolute Gasteiger partial charge is 0.506 e. The third-order valence-corrected chi connectivity index (χ3v) is 1.91. The Kier molecular flexibility index (Phi) is 3.30. The molecule has 5 heteroatoms. The fraction of sp³-hybridized carbons (Fsp3) is 0.222. The van der Waals surface area contributed by atoms with E-state index in [1.165, 1.54) is 0 Å². The molecule has 0 aromatic heterocycles. The van der Waals surface area contributed by atoms with E-state index in [2.05, 4.69) is 4.74 Å². The van der Waals surface area contributed by atoms with Crippen molar-refractivity contribution in [3.8, 4) is 5.75 Å². The summed E-state index contributed by atoms with van der Waals surface area (Å²) in [5, 5.41) is 8.91. The molecule has 0 spiro atoms. The van der Waals surface area contributed by atoms with Crippen molar-refractivity contribution in [1.82, 2.24) is 0 Å². The second-order valence-corrected chi connectivity index (χ2v) is 2.88. The van der Waals surface area contributed by atoms with Crippen LogP contribution in [0.5, 0.6) is 5.75 Å². The monoisotopic (exact) mass is 218 g/mol. The maximum atomic E-state index is 12.8. The van der Waals surface area contributed by atoms with Gasteiger partial charge in [-0.05, 0) is 13.0 Å². The SMILES string of the molecule is CCOC(=O)c1cc(F)cc(O)c1Cl. The molecule has 0 aliphatic carbocycles. The number of carbonyl (C=O) groups excluding carboxylic acids is 1. The molecule has 1 aromatic carbocycles. The average molecular weight is 219 g/mol. The average Bonchev–Trinajstić information content (AvgIpc) is 2.11. The Hall–Kier alpha value is -1.29. The lowest BCUT2D eigenvalue weighted by Gasteiger charge is -2.05. The number of phenolic OH excluding ortho intramolecular Hbond substituents is 1. The highest BCUT2D eigenvalue weighted by molar-refractivity contribution is 6.35. The van der Waals surface area contributed by atoms with Gasteiger partial charge in [0.15, 0.2) is 0 Å². The number of benzene rings is 1. The maximum absolute atomic E-state index is 12.8. The molecule has 0 amide bonds. The second-order valence-electron chi connectivity index (χ2n) is 2.51. The molecule has 0 fully saturated rings. The molecule has 0 radical (unpaired) electrons. The summed E-state index contributed by atoms with van der Waals surface area (Å²) in [7, 11) is 0. The number of hydrogen-bond donors (Lipinski definition) is 1. The van der Waals surface area contributed by atoms with E-state index in [0.29, 0.717) is 0 Å². The van der Waals surface area contributed by atoms with Crippen molar-refractivity contribution in [1.29, 1.82) is 0 Å². The van der Waals surface area contributed by atoms with Gasteiger partial charge in [0.1, 0.15) is 11.6 Å². The topological polar surface area (TPSA) is 46.5 Å². The Bertz CT molecular complexity index is 365. The standard InChI is InChI=1S/C9H8ClFO3/c1-2-14-9(13)6-3-5(11)4-7(12)8(6)10/h3-4,12H,2H2,1H3. The number of rotatable bonds is 2. The Morgan fingerprint density at radius 2 is 2.29 bits per heavy atom. The fourth-order valence-electron chi connectivity index (χ4n) is 0.932. The van der Waals surface area contributed by atoms with Crippen LogP contribution in [0.3, 0.4) is 0 Å². The van der Waals surface area contributed by atoms with Crippen LogP contribution in [0.15, 0.2) is 12.1 Å². The molecule has 14 heavy (non-hydrogen) atoms. The lowest BCUT2D eigenvalue weighted by atomic mass is 10.2. The van der Waals surface area contributed by atoms with Gasteiger partial charge in [-0.15, -0.1) is 0 Å². The molecule has 76 valence electrons. The summed E-state index contributed by atoms with van der Waals surface area (Å²) in [5.74, 6) is -1.98. The third-order valence-electron chi connectivity index (χ3n) is 1.51. The molecule has 1 rings (SSSR count). The first-order valence-corrected chi connectivity index (χ1v) is 4.29. The summed E-state index contributed by atoms with van der Waals surface area (Å²) in [6, 6.07) is 1.74. The van der Waals surface area contributed by atoms with Crippen molar-refractivity contribution in [2.45, 2.75) is 6.92 Å². The minimum absolute atomic E-state index is 0.159. The van der Waals surface area contributed by atoms with Gasteiger partial charge in [0.05, 0.1) is 17.2 Å². The molecule has 0 saturated heterocycles. The zero-order valence-electron chi connectivity index (χ0n) is 7.38. The Labute approximate surface area is 85.1 Å². The van der Waals surface area contributed by atoms with E-state index in [9.17, 15) is 9.18 Å². The highest BCUT2D eigenvalue weighted by Gasteiger charge is 2.16. The van der Waals surface area contributed by atoms with Crippen LogP contribution in [0.25, 0.3) is 0 Å². The van der Waals surface area contributed by atoms with E-state index in [1.807, 2.05) is 0 Å². The predicted molar refractivity (Wildman–Crippen MR) is 49.0 cm³/mol. The lowest BCUT2D eigenvalue weighted by molar-refractivity contribution is 0.0525. The Morgan fingerprint density at radius 3 is 2.86 bits per heavy atom. The predicted octanol–water partition coefficient (Wildman–Crippen LogP) is 2.36. The molecule has 1 aromatic rings. The fourth-order valence-corrected chi connectivity index (χ4v) is 1.12. The summed E-state index contributed by atoms with van der Waals surface area (Å²) in [6.45, 7) is 1.78. The molecule has 1 N–H and O–H groups in total. The molecule has 0 aliphatic rings. The molecule has 0 atom stereocenters. The smallest absolute Gasteiger partial charge is 0.339 e. The highest BCUT2D eigenvalue weighted by Crippen LogP contribution is 2.28. The van der Waals surface area contributed by atoms with Crippen molar-refractivity contribution in [2.75, 3.05) is 6.61 Å². The van der Waals surface area contributed by atoms with Gasteiger partial charge < -0.3 is 9.84 Å². The number of ether oxygens (including phenoxy) is 1. The summed E-state index contributed by atoms with van der Waals surface area (Å²) < 4.78 is 17.4. The quantitative estimate of drug-likeness (QED) is 0.776. The zero-order chi connectivity index (χ0) is 10.7. The molecular formula is C9H8ClFO3. The van der Waals surface area contributed by atoms with Crippen molar-refractivity contribution in [3.05, 3.63) is 28.5 Å². The first-order chi connectivity index (χ1) is 6.56. The third kappa shape index (κ3) is 2.14. The summed E-state index contributed by atoms with van der Waals surface area (Å²) in [6.07, 6.45) is 0. The van der Waals surface area contributed by atoms with Crippen LogP contribution in [0, 0.1) is 5.82 Å². The van der Waals surface area contributed by atoms with Crippen LogP contribution in [0.4, 0.5) is 4.39 Å².